The van der Waals surface area contributed by atoms with Gasteiger partial charge in [-0.2, -0.15) is 0 Å². The van der Waals surface area contributed by atoms with Crippen molar-refractivity contribution in [1.29, 1.82) is 0 Å². The fourth-order valence-electron chi connectivity index (χ4n) is 1.58. The van der Waals surface area contributed by atoms with E-state index >= 15 is 0 Å². The average molecular weight is 264 g/mol. The van der Waals surface area contributed by atoms with Gasteiger partial charge in [-0.1, -0.05) is 5.16 Å². The van der Waals surface area contributed by atoms with Crippen molar-refractivity contribution < 1.29 is 23.6 Å². The fourth-order valence-corrected chi connectivity index (χ4v) is 1.58. The molecular formula is C12H12N2O5. The van der Waals surface area contributed by atoms with E-state index in [1.54, 1.807) is 13.8 Å². The molecule has 0 saturated heterocycles. The molecule has 0 aliphatic carbocycles. The van der Waals surface area contributed by atoms with Gasteiger partial charge >= 0.3 is 5.97 Å². The van der Waals surface area contributed by atoms with Gasteiger partial charge in [0.2, 0.25) is 0 Å². The molecule has 2 aromatic rings. The van der Waals surface area contributed by atoms with Crippen LogP contribution in [0.4, 0.5) is 0 Å². The summed E-state index contributed by atoms with van der Waals surface area (Å²) in [4.78, 5) is 22.4. The standard InChI is InChI=1S/C12H12N2O5/c1-6-9(7(2)19-14-6)4-13-11(15)10-3-8(5-18-10)12(16)17/h3,5H,4H2,1-2H3,(H,13,15)(H,16,17). The summed E-state index contributed by atoms with van der Waals surface area (Å²) in [7, 11) is 0. The molecule has 1 amide bonds. The molecule has 100 valence electrons. The quantitative estimate of drug-likeness (QED) is 0.867. The van der Waals surface area contributed by atoms with E-state index in [1.165, 1.54) is 6.07 Å². The van der Waals surface area contributed by atoms with Gasteiger partial charge in [-0.15, -0.1) is 0 Å². The summed E-state index contributed by atoms with van der Waals surface area (Å²) in [5.74, 6) is -1.06. The lowest BCUT2D eigenvalue weighted by atomic mass is 10.2. The van der Waals surface area contributed by atoms with Crippen LogP contribution in [0.3, 0.4) is 0 Å². The van der Waals surface area contributed by atoms with Crippen LogP contribution in [0.2, 0.25) is 0 Å². The maximum Gasteiger partial charge on any atom is 0.338 e. The molecule has 0 aliphatic heterocycles. The molecule has 0 bridgehead atoms. The maximum atomic E-state index is 11.7. The van der Waals surface area contributed by atoms with E-state index in [4.69, 9.17) is 14.0 Å². The minimum Gasteiger partial charge on any atom is -0.478 e. The first kappa shape index (κ1) is 12.9. The van der Waals surface area contributed by atoms with Crippen LogP contribution in [0.5, 0.6) is 0 Å². The van der Waals surface area contributed by atoms with Crippen LogP contribution in [0.1, 0.15) is 37.9 Å². The van der Waals surface area contributed by atoms with E-state index in [0.29, 0.717) is 11.5 Å². The van der Waals surface area contributed by atoms with Crippen LogP contribution >= 0.6 is 0 Å². The predicted octanol–water partition coefficient (Wildman–Crippen LogP) is 1.51. The number of furan rings is 1. The second kappa shape index (κ2) is 4.97. The lowest BCUT2D eigenvalue weighted by Gasteiger charge is -2.02. The molecule has 0 aliphatic rings. The summed E-state index contributed by atoms with van der Waals surface area (Å²) >= 11 is 0. The summed E-state index contributed by atoms with van der Waals surface area (Å²) in [5.41, 5.74) is 1.42. The lowest BCUT2D eigenvalue weighted by molar-refractivity contribution is 0.0696. The third-order valence-corrected chi connectivity index (χ3v) is 2.68. The van der Waals surface area contributed by atoms with Gasteiger partial charge in [-0.25, -0.2) is 4.79 Å². The van der Waals surface area contributed by atoms with Crippen LogP contribution in [0.15, 0.2) is 21.3 Å². The number of hydrogen-bond acceptors (Lipinski definition) is 5. The highest BCUT2D eigenvalue weighted by atomic mass is 16.5. The normalized spacial score (nSPS) is 10.4. The third kappa shape index (κ3) is 2.65. The van der Waals surface area contributed by atoms with Crippen molar-refractivity contribution in [2.75, 3.05) is 0 Å². The Bertz CT molecular complexity index is 606. The van der Waals surface area contributed by atoms with Crippen LogP contribution in [0, 0.1) is 13.8 Å². The van der Waals surface area contributed by atoms with Crippen molar-refractivity contribution in [2.45, 2.75) is 20.4 Å². The SMILES string of the molecule is Cc1noc(C)c1CNC(=O)c1cc(C(=O)O)co1. The highest BCUT2D eigenvalue weighted by Crippen LogP contribution is 2.12. The van der Waals surface area contributed by atoms with Gasteiger partial charge in [0.15, 0.2) is 5.76 Å². The Morgan fingerprint density at radius 2 is 2.16 bits per heavy atom. The third-order valence-electron chi connectivity index (χ3n) is 2.68. The zero-order valence-corrected chi connectivity index (χ0v) is 10.4. The molecule has 0 aromatic carbocycles. The van der Waals surface area contributed by atoms with Gasteiger partial charge in [0, 0.05) is 18.2 Å². The Labute approximate surface area is 108 Å². The number of carbonyl (C=O) groups is 2. The minimum absolute atomic E-state index is 0.0517. The molecular weight excluding hydrogens is 252 g/mol. The minimum atomic E-state index is -1.14. The van der Waals surface area contributed by atoms with E-state index in [1.807, 2.05) is 0 Å². The lowest BCUT2D eigenvalue weighted by Crippen LogP contribution is -2.22. The largest absolute Gasteiger partial charge is 0.478 e. The molecule has 0 fully saturated rings. The summed E-state index contributed by atoms with van der Waals surface area (Å²) in [6.07, 6.45) is 1.02. The molecule has 0 spiro atoms. The average Bonchev–Trinajstić information content (AvgIpc) is 2.95. The second-order valence-corrected chi connectivity index (χ2v) is 3.99. The van der Waals surface area contributed by atoms with E-state index in [9.17, 15) is 9.59 Å². The molecule has 0 saturated carbocycles. The molecule has 2 aromatic heterocycles. The summed E-state index contributed by atoms with van der Waals surface area (Å²) in [6.45, 7) is 3.76. The summed E-state index contributed by atoms with van der Waals surface area (Å²) in [6, 6.07) is 1.17. The Balaban J connectivity index is 2.03. The highest BCUT2D eigenvalue weighted by Gasteiger charge is 2.16. The zero-order valence-electron chi connectivity index (χ0n) is 10.4. The fraction of sp³-hybridized carbons (Fsp3) is 0.250. The van der Waals surface area contributed by atoms with E-state index in [-0.39, 0.29) is 17.9 Å². The number of aromatic nitrogens is 1. The molecule has 7 nitrogen and oxygen atoms in total. The van der Waals surface area contributed by atoms with Crippen molar-refractivity contribution in [3.05, 3.63) is 40.7 Å². The van der Waals surface area contributed by atoms with Crippen molar-refractivity contribution in [2.24, 2.45) is 0 Å². The van der Waals surface area contributed by atoms with Gasteiger partial charge in [0.1, 0.15) is 12.0 Å². The van der Waals surface area contributed by atoms with E-state index < -0.39 is 11.9 Å². The first-order chi connectivity index (χ1) is 8.99. The number of carboxylic acids is 1. The molecule has 19 heavy (non-hydrogen) atoms. The number of aromatic carboxylic acids is 1. The van der Waals surface area contributed by atoms with Crippen molar-refractivity contribution in [3.63, 3.8) is 0 Å². The molecule has 7 heteroatoms. The van der Waals surface area contributed by atoms with E-state index in [0.717, 1.165) is 11.8 Å². The Morgan fingerprint density at radius 3 is 2.68 bits per heavy atom. The molecule has 0 unspecified atom stereocenters. The van der Waals surface area contributed by atoms with Gasteiger partial charge in [-0.05, 0) is 13.8 Å². The van der Waals surface area contributed by atoms with Crippen LogP contribution in [-0.4, -0.2) is 22.1 Å². The Hall–Kier alpha value is -2.57. The van der Waals surface area contributed by atoms with Crippen molar-refractivity contribution in [3.8, 4) is 0 Å². The number of hydrogen-bond donors (Lipinski definition) is 2. The monoisotopic (exact) mass is 264 g/mol. The molecule has 0 radical (unpaired) electrons. The number of amides is 1. The zero-order chi connectivity index (χ0) is 14.0. The van der Waals surface area contributed by atoms with Gasteiger partial charge in [0.25, 0.3) is 5.91 Å². The van der Waals surface area contributed by atoms with E-state index in [2.05, 4.69) is 10.5 Å². The van der Waals surface area contributed by atoms with Gasteiger partial charge in [-0.3, -0.25) is 4.79 Å². The van der Waals surface area contributed by atoms with Crippen LogP contribution in [-0.2, 0) is 6.54 Å². The Kier molecular flexibility index (Phi) is 3.37. The molecule has 2 heterocycles. The number of aryl methyl sites for hydroxylation is 2. The molecule has 2 rings (SSSR count). The smallest absolute Gasteiger partial charge is 0.338 e. The number of carbonyl (C=O) groups excluding carboxylic acids is 1. The maximum absolute atomic E-state index is 11.7. The predicted molar refractivity (Wildman–Crippen MR) is 62.8 cm³/mol. The van der Waals surface area contributed by atoms with Crippen molar-refractivity contribution >= 4 is 11.9 Å². The van der Waals surface area contributed by atoms with Gasteiger partial charge < -0.3 is 19.4 Å². The number of carboxylic acid groups (broad SMARTS) is 1. The summed E-state index contributed by atoms with van der Waals surface area (Å²) in [5, 5.41) is 15.1. The number of nitrogens with one attached hydrogen (secondary N) is 1. The summed E-state index contributed by atoms with van der Waals surface area (Å²) < 4.78 is 9.85. The Morgan fingerprint density at radius 1 is 1.42 bits per heavy atom. The molecule has 0 atom stereocenters. The first-order valence-corrected chi connectivity index (χ1v) is 5.51. The topological polar surface area (TPSA) is 106 Å². The highest BCUT2D eigenvalue weighted by molar-refractivity contribution is 5.95. The first-order valence-electron chi connectivity index (χ1n) is 5.51. The van der Waals surface area contributed by atoms with Crippen molar-refractivity contribution in [1.82, 2.24) is 10.5 Å². The van der Waals surface area contributed by atoms with Gasteiger partial charge in [0.05, 0.1) is 11.3 Å². The van der Waals surface area contributed by atoms with Crippen LogP contribution < -0.4 is 5.32 Å². The molecule has 2 N–H and O–H groups in total. The number of nitrogens with zero attached hydrogens (tertiary/aromatic N) is 1. The number of rotatable bonds is 4. The second-order valence-electron chi connectivity index (χ2n) is 3.99. The van der Waals surface area contributed by atoms with Crippen LogP contribution in [0.25, 0.3) is 0 Å².